The van der Waals surface area contributed by atoms with Gasteiger partial charge in [0.2, 0.25) is 5.95 Å². The summed E-state index contributed by atoms with van der Waals surface area (Å²) in [7, 11) is 3.70. The van der Waals surface area contributed by atoms with Crippen LogP contribution in [0.25, 0.3) is 22.0 Å². The number of hydrogen-bond acceptors (Lipinski definition) is 7. The van der Waals surface area contributed by atoms with E-state index in [0.717, 1.165) is 16.5 Å². The number of hydrazine groups is 2. The predicted octanol–water partition coefficient (Wildman–Crippen LogP) is 2.10. The number of nitrogens with one attached hydrogen (secondary N) is 1. The number of nitrogens with two attached hydrogens (primary N) is 2. The second-order valence-corrected chi connectivity index (χ2v) is 6.25. The molecule has 0 fully saturated rings. The summed E-state index contributed by atoms with van der Waals surface area (Å²) in [5.41, 5.74) is 11.5. The quantitative estimate of drug-likeness (QED) is 0.469. The third kappa shape index (κ3) is 3.67. The van der Waals surface area contributed by atoms with Crippen LogP contribution in [0.3, 0.4) is 0 Å². The molecule has 3 aromatic rings. The molecule has 0 aliphatic heterocycles. The van der Waals surface area contributed by atoms with Gasteiger partial charge in [0, 0.05) is 31.6 Å². The molecule has 8 nitrogen and oxygen atoms in total. The normalized spacial score (nSPS) is 11.0. The molecule has 1 aromatic heterocycles. The summed E-state index contributed by atoms with van der Waals surface area (Å²) in [5, 5.41) is 4.23. The molecule has 0 radical (unpaired) electrons. The Morgan fingerprint density at radius 2 is 1.74 bits per heavy atom. The fraction of sp³-hybridized carbons (Fsp3) is 0.211. The minimum absolute atomic E-state index is 0.0361. The molecule has 0 atom stereocenters. The minimum Gasteiger partial charge on any atom is -0.368 e. The first-order valence-corrected chi connectivity index (χ1v) is 8.58. The second-order valence-electron chi connectivity index (χ2n) is 6.25. The zero-order valence-corrected chi connectivity index (χ0v) is 15.6. The van der Waals surface area contributed by atoms with Crippen LogP contribution in [0.1, 0.15) is 17.3 Å². The van der Waals surface area contributed by atoms with Crippen molar-refractivity contribution in [3.05, 3.63) is 48.0 Å². The Morgan fingerprint density at radius 3 is 2.33 bits per heavy atom. The minimum atomic E-state index is -0.0361. The summed E-state index contributed by atoms with van der Waals surface area (Å²) in [6.45, 7) is 2.55. The number of hydrogen-bond donors (Lipinski definition) is 3. The van der Waals surface area contributed by atoms with E-state index in [0.29, 0.717) is 23.4 Å². The van der Waals surface area contributed by atoms with E-state index in [1.165, 1.54) is 0 Å². The molecule has 0 unspecified atom stereocenters. The Kier molecular flexibility index (Phi) is 5.20. The SMILES string of the molecule is CCN(C(=O)c1ccc(-c2ccc3nc(N)nc(NN)c3c2)cc1)N(C)C. The smallest absolute Gasteiger partial charge is 0.268 e. The number of fused-ring (bicyclic) bond motifs is 1. The number of nitrogen functional groups attached to an aromatic ring is 2. The van der Waals surface area contributed by atoms with E-state index in [1.54, 1.807) is 10.0 Å². The lowest BCUT2D eigenvalue weighted by molar-refractivity contribution is 0.0230. The van der Waals surface area contributed by atoms with Gasteiger partial charge in [0.15, 0.2) is 5.82 Å². The molecule has 140 valence electrons. The standard InChI is InChI=1S/C19H23N7O/c1-4-26(25(2)3)18(27)13-7-5-12(6-8-13)14-9-10-16-15(11-14)17(24-21)23-19(20)22-16/h5-11H,4,21H2,1-3H3,(H3,20,22,23,24). The molecule has 1 heterocycles. The largest absolute Gasteiger partial charge is 0.368 e. The van der Waals surface area contributed by atoms with Crippen LogP contribution in [0.5, 0.6) is 0 Å². The number of carbonyl (C=O) groups excluding carboxylic acids is 1. The monoisotopic (exact) mass is 365 g/mol. The lowest BCUT2D eigenvalue weighted by Gasteiger charge is -2.27. The topological polar surface area (TPSA) is 113 Å². The van der Waals surface area contributed by atoms with Crippen molar-refractivity contribution in [3.63, 3.8) is 0 Å². The molecule has 27 heavy (non-hydrogen) atoms. The Morgan fingerprint density at radius 1 is 1.07 bits per heavy atom. The summed E-state index contributed by atoms with van der Waals surface area (Å²) in [6.07, 6.45) is 0. The maximum atomic E-state index is 12.6. The third-order valence-electron chi connectivity index (χ3n) is 4.33. The van der Waals surface area contributed by atoms with Gasteiger partial charge in [0.25, 0.3) is 5.91 Å². The number of benzene rings is 2. The van der Waals surface area contributed by atoms with Gasteiger partial charge in [-0.25, -0.2) is 15.8 Å². The van der Waals surface area contributed by atoms with Crippen molar-refractivity contribution in [2.45, 2.75) is 6.92 Å². The van der Waals surface area contributed by atoms with Gasteiger partial charge < -0.3 is 11.2 Å². The van der Waals surface area contributed by atoms with Gasteiger partial charge in [0.1, 0.15) is 0 Å². The van der Waals surface area contributed by atoms with Gasteiger partial charge in [-0.1, -0.05) is 18.2 Å². The molecular weight excluding hydrogens is 342 g/mol. The first-order chi connectivity index (χ1) is 12.9. The third-order valence-corrected chi connectivity index (χ3v) is 4.33. The van der Waals surface area contributed by atoms with Crippen LogP contribution in [0, 0.1) is 0 Å². The zero-order valence-electron chi connectivity index (χ0n) is 15.6. The lowest BCUT2D eigenvalue weighted by Crippen LogP contribution is -2.41. The molecule has 5 N–H and O–H groups in total. The molecule has 0 aliphatic carbocycles. The maximum absolute atomic E-state index is 12.6. The van der Waals surface area contributed by atoms with Gasteiger partial charge in [-0.3, -0.25) is 9.80 Å². The van der Waals surface area contributed by atoms with E-state index >= 15 is 0 Å². The fourth-order valence-electron chi connectivity index (χ4n) is 3.00. The number of carbonyl (C=O) groups is 1. The lowest BCUT2D eigenvalue weighted by atomic mass is 10.0. The van der Waals surface area contributed by atoms with E-state index in [1.807, 2.05) is 63.5 Å². The summed E-state index contributed by atoms with van der Waals surface area (Å²) < 4.78 is 0. The van der Waals surface area contributed by atoms with Crippen LogP contribution in [0.15, 0.2) is 42.5 Å². The average Bonchev–Trinajstić information content (AvgIpc) is 2.67. The molecule has 0 bridgehead atoms. The number of aromatic nitrogens is 2. The molecule has 0 saturated carbocycles. The Bertz CT molecular complexity index is 970. The summed E-state index contributed by atoms with van der Waals surface area (Å²) in [6, 6.07) is 13.3. The van der Waals surface area contributed by atoms with E-state index in [4.69, 9.17) is 11.6 Å². The number of nitrogens with zero attached hydrogens (tertiary/aromatic N) is 4. The average molecular weight is 365 g/mol. The van der Waals surface area contributed by atoms with E-state index in [-0.39, 0.29) is 11.9 Å². The van der Waals surface area contributed by atoms with Gasteiger partial charge in [-0.2, -0.15) is 4.98 Å². The molecule has 0 saturated heterocycles. The first-order valence-electron chi connectivity index (χ1n) is 8.58. The van der Waals surface area contributed by atoms with Crippen molar-refractivity contribution in [3.8, 4) is 11.1 Å². The van der Waals surface area contributed by atoms with Gasteiger partial charge in [-0.05, 0) is 42.3 Å². The summed E-state index contributed by atoms with van der Waals surface area (Å²) >= 11 is 0. The van der Waals surface area contributed by atoms with Gasteiger partial charge in [0.05, 0.1) is 5.52 Å². The summed E-state index contributed by atoms with van der Waals surface area (Å²) in [5.74, 6) is 6.14. The van der Waals surface area contributed by atoms with Crippen molar-refractivity contribution in [1.82, 2.24) is 20.0 Å². The number of amides is 1. The first kappa shape index (κ1) is 18.6. The number of anilines is 2. The van der Waals surface area contributed by atoms with Crippen molar-refractivity contribution in [2.24, 2.45) is 5.84 Å². The molecular formula is C19H23N7O. The molecule has 2 aromatic carbocycles. The van der Waals surface area contributed by atoms with Crippen LogP contribution < -0.4 is 17.0 Å². The van der Waals surface area contributed by atoms with Crippen LogP contribution in [0.2, 0.25) is 0 Å². The Labute approximate surface area is 157 Å². The van der Waals surface area contributed by atoms with E-state index in [2.05, 4.69) is 15.4 Å². The zero-order chi connectivity index (χ0) is 19.6. The maximum Gasteiger partial charge on any atom is 0.268 e. The second kappa shape index (κ2) is 7.56. The summed E-state index contributed by atoms with van der Waals surface area (Å²) in [4.78, 5) is 20.9. The molecule has 0 spiro atoms. The molecule has 3 rings (SSSR count). The van der Waals surface area contributed by atoms with Crippen LogP contribution in [0.4, 0.5) is 11.8 Å². The van der Waals surface area contributed by atoms with E-state index in [9.17, 15) is 4.79 Å². The highest BCUT2D eigenvalue weighted by atomic mass is 16.2. The highest BCUT2D eigenvalue weighted by Gasteiger charge is 2.16. The molecule has 1 amide bonds. The Balaban J connectivity index is 1.95. The fourth-order valence-corrected chi connectivity index (χ4v) is 3.00. The van der Waals surface area contributed by atoms with Crippen molar-refractivity contribution in [1.29, 1.82) is 0 Å². The van der Waals surface area contributed by atoms with Crippen LogP contribution >= 0.6 is 0 Å². The predicted molar refractivity (Wildman–Crippen MR) is 108 cm³/mol. The van der Waals surface area contributed by atoms with Gasteiger partial charge in [-0.15, -0.1) is 0 Å². The highest BCUT2D eigenvalue weighted by Crippen LogP contribution is 2.28. The van der Waals surface area contributed by atoms with E-state index < -0.39 is 0 Å². The van der Waals surface area contributed by atoms with Crippen molar-refractivity contribution in [2.75, 3.05) is 31.8 Å². The van der Waals surface area contributed by atoms with Gasteiger partial charge >= 0.3 is 0 Å². The number of rotatable bonds is 5. The highest BCUT2D eigenvalue weighted by molar-refractivity contribution is 5.95. The van der Waals surface area contributed by atoms with Crippen LogP contribution in [-0.4, -0.2) is 46.5 Å². The Hall–Kier alpha value is -3.23. The molecule has 0 aliphatic rings. The van der Waals surface area contributed by atoms with Crippen molar-refractivity contribution >= 4 is 28.6 Å². The van der Waals surface area contributed by atoms with Crippen LogP contribution in [-0.2, 0) is 0 Å². The molecule has 8 heteroatoms. The van der Waals surface area contributed by atoms with Crippen molar-refractivity contribution < 1.29 is 4.79 Å².